The number of aryl methyl sites for hydroxylation is 1. The van der Waals surface area contributed by atoms with Crippen LogP contribution in [0.1, 0.15) is 11.4 Å². The van der Waals surface area contributed by atoms with Crippen molar-refractivity contribution in [3.05, 3.63) is 64.7 Å². The lowest BCUT2D eigenvalue weighted by atomic mass is 10.2. The van der Waals surface area contributed by atoms with E-state index in [1.165, 1.54) is 0 Å². The van der Waals surface area contributed by atoms with Crippen LogP contribution >= 0.6 is 15.9 Å². The molecule has 3 rings (SSSR count). The average molecular weight is 331 g/mol. The first-order chi connectivity index (χ1) is 9.75. The molecule has 0 bridgehead atoms. The molecule has 2 heterocycles. The number of hydrogen-bond donors (Lipinski definition) is 0. The van der Waals surface area contributed by atoms with Gasteiger partial charge in [-0.05, 0) is 46.6 Å². The summed E-state index contributed by atoms with van der Waals surface area (Å²) in [6, 6.07) is 14.1. The summed E-state index contributed by atoms with van der Waals surface area (Å²) in [5, 5.41) is 0. The Bertz CT molecular complexity index is 736. The Kier molecular flexibility index (Phi) is 3.74. The summed E-state index contributed by atoms with van der Waals surface area (Å²) < 4.78 is 8.80. The van der Waals surface area contributed by atoms with Gasteiger partial charge in [0.25, 0.3) is 0 Å². The molecular weight excluding hydrogens is 316 g/mol. The first-order valence-electron chi connectivity index (χ1n) is 6.55. The van der Waals surface area contributed by atoms with Crippen LogP contribution in [0.2, 0.25) is 0 Å². The summed E-state index contributed by atoms with van der Waals surface area (Å²) >= 11 is 3.49. The Morgan fingerprint density at radius 2 is 1.95 bits per heavy atom. The maximum Gasteiger partial charge on any atom is 0.132 e. The predicted molar refractivity (Wildman–Crippen MR) is 83.3 cm³/mol. The molecule has 3 aromatic rings. The molecule has 0 saturated heterocycles. The van der Waals surface area contributed by atoms with E-state index < -0.39 is 0 Å². The van der Waals surface area contributed by atoms with E-state index >= 15 is 0 Å². The fraction of sp³-hybridized carbons (Fsp3) is 0.188. The Morgan fingerprint density at radius 3 is 2.80 bits per heavy atom. The summed E-state index contributed by atoms with van der Waals surface area (Å²) in [6.07, 6.45) is 2.79. The summed E-state index contributed by atoms with van der Waals surface area (Å²) in [5.41, 5.74) is 2.24. The molecule has 102 valence electrons. The maximum atomic E-state index is 5.83. The second-order valence-corrected chi connectivity index (χ2v) is 5.39. The lowest BCUT2D eigenvalue weighted by Crippen LogP contribution is -2.05. The van der Waals surface area contributed by atoms with Gasteiger partial charge in [0.15, 0.2) is 0 Å². The lowest BCUT2D eigenvalue weighted by molar-refractivity contribution is 0.316. The molecule has 20 heavy (non-hydrogen) atoms. The maximum absolute atomic E-state index is 5.83. The van der Waals surface area contributed by atoms with Crippen LogP contribution in [-0.4, -0.2) is 16.0 Å². The van der Waals surface area contributed by atoms with Gasteiger partial charge in [-0.2, -0.15) is 0 Å². The fourth-order valence-electron chi connectivity index (χ4n) is 2.21. The number of pyridine rings is 1. The number of ether oxygens (including phenoxy) is 1. The molecule has 0 atom stereocenters. The van der Waals surface area contributed by atoms with Crippen LogP contribution in [0.15, 0.2) is 53.3 Å². The minimum absolute atomic E-state index is 0.616. The number of halogens is 1. The van der Waals surface area contributed by atoms with Crippen LogP contribution in [0.3, 0.4) is 0 Å². The van der Waals surface area contributed by atoms with Crippen molar-refractivity contribution in [3.8, 4) is 5.75 Å². The van der Waals surface area contributed by atoms with Gasteiger partial charge in [0.1, 0.15) is 16.2 Å². The van der Waals surface area contributed by atoms with Crippen molar-refractivity contribution in [2.45, 2.75) is 13.3 Å². The minimum atomic E-state index is 0.616. The summed E-state index contributed by atoms with van der Waals surface area (Å²) in [6.45, 7) is 2.67. The lowest BCUT2D eigenvalue weighted by Gasteiger charge is -2.08. The van der Waals surface area contributed by atoms with E-state index in [4.69, 9.17) is 4.74 Å². The van der Waals surface area contributed by atoms with Gasteiger partial charge >= 0.3 is 0 Å². The van der Waals surface area contributed by atoms with Crippen molar-refractivity contribution >= 4 is 21.4 Å². The van der Waals surface area contributed by atoms with E-state index in [1.807, 2.05) is 42.6 Å². The van der Waals surface area contributed by atoms with Gasteiger partial charge in [-0.1, -0.05) is 24.3 Å². The Balaban J connectivity index is 1.73. The molecule has 4 heteroatoms. The molecule has 0 amide bonds. The largest absolute Gasteiger partial charge is 0.493 e. The summed E-state index contributed by atoms with van der Waals surface area (Å²) in [5.74, 6) is 1.94. The molecule has 0 N–H and O–H groups in total. The van der Waals surface area contributed by atoms with Gasteiger partial charge in [0.2, 0.25) is 0 Å². The number of para-hydroxylation sites is 1. The molecule has 3 nitrogen and oxygen atoms in total. The zero-order valence-corrected chi connectivity index (χ0v) is 12.8. The minimum Gasteiger partial charge on any atom is -0.493 e. The standard InChI is InChI=1S/C16H15BrN2O/c1-12-6-2-3-8-14(12)20-11-9-15-18-16(17)13-7-4-5-10-19(13)15/h2-8,10H,9,11H2,1H3. The van der Waals surface area contributed by atoms with Crippen LogP contribution < -0.4 is 4.74 Å². The van der Waals surface area contributed by atoms with Crippen molar-refractivity contribution in [1.29, 1.82) is 0 Å². The predicted octanol–water partition coefficient (Wildman–Crippen LogP) is 4.03. The van der Waals surface area contributed by atoms with Gasteiger partial charge in [-0.25, -0.2) is 4.98 Å². The molecule has 0 aliphatic rings. The van der Waals surface area contributed by atoms with E-state index in [0.29, 0.717) is 6.61 Å². The first kappa shape index (κ1) is 13.2. The Morgan fingerprint density at radius 1 is 1.15 bits per heavy atom. The molecule has 0 spiro atoms. The monoisotopic (exact) mass is 330 g/mol. The van der Waals surface area contributed by atoms with Gasteiger partial charge in [0.05, 0.1) is 12.1 Å². The number of benzene rings is 1. The van der Waals surface area contributed by atoms with Crippen LogP contribution in [-0.2, 0) is 6.42 Å². The van der Waals surface area contributed by atoms with Crippen molar-refractivity contribution < 1.29 is 4.74 Å². The molecule has 0 saturated carbocycles. The average Bonchev–Trinajstić information content (AvgIpc) is 2.78. The quantitative estimate of drug-likeness (QED) is 0.722. The van der Waals surface area contributed by atoms with Crippen LogP contribution in [0, 0.1) is 6.92 Å². The number of fused-ring (bicyclic) bond motifs is 1. The molecule has 0 aliphatic heterocycles. The molecule has 0 aliphatic carbocycles. The van der Waals surface area contributed by atoms with Crippen molar-refractivity contribution in [2.75, 3.05) is 6.61 Å². The SMILES string of the molecule is Cc1ccccc1OCCc1nc(Br)c2ccccn12. The van der Waals surface area contributed by atoms with Crippen LogP contribution in [0.5, 0.6) is 5.75 Å². The number of aromatic nitrogens is 2. The van der Waals surface area contributed by atoms with E-state index in [1.54, 1.807) is 0 Å². The summed E-state index contributed by atoms with van der Waals surface area (Å²) in [4.78, 5) is 4.54. The zero-order valence-electron chi connectivity index (χ0n) is 11.2. The third-order valence-corrected chi connectivity index (χ3v) is 3.84. The topological polar surface area (TPSA) is 26.5 Å². The highest BCUT2D eigenvalue weighted by atomic mass is 79.9. The number of rotatable bonds is 4. The van der Waals surface area contributed by atoms with Crippen molar-refractivity contribution in [3.63, 3.8) is 0 Å². The highest BCUT2D eigenvalue weighted by Crippen LogP contribution is 2.20. The smallest absolute Gasteiger partial charge is 0.132 e. The molecule has 0 fully saturated rings. The first-order valence-corrected chi connectivity index (χ1v) is 7.35. The highest BCUT2D eigenvalue weighted by Gasteiger charge is 2.08. The normalized spacial score (nSPS) is 10.9. The second-order valence-electron chi connectivity index (χ2n) is 4.64. The zero-order chi connectivity index (χ0) is 13.9. The molecule has 1 aromatic carbocycles. The van der Waals surface area contributed by atoms with E-state index in [9.17, 15) is 0 Å². The second kappa shape index (κ2) is 5.67. The highest BCUT2D eigenvalue weighted by molar-refractivity contribution is 9.10. The van der Waals surface area contributed by atoms with Crippen LogP contribution in [0.25, 0.3) is 5.52 Å². The van der Waals surface area contributed by atoms with Gasteiger partial charge in [0, 0.05) is 12.6 Å². The van der Waals surface area contributed by atoms with Crippen LogP contribution in [0.4, 0.5) is 0 Å². The van der Waals surface area contributed by atoms with E-state index in [0.717, 1.165) is 33.7 Å². The molecule has 2 aromatic heterocycles. The third-order valence-electron chi connectivity index (χ3n) is 3.25. The van der Waals surface area contributed by atoms with E-state index in [-0.39, 0.29) is 0 Å². The third kappa shape index (κ3) is 2.56. The number of hydrogen-bond acceptors (Lipinski definition) is 2. The van der Waals surface area contributed by atoms with E-state index in [2.05, 4.69) is 38.3 Å². The van der Waals surface area contributed by atoms with Gasteiger partial charge in [-0.3, -0.25) is 0 Å². The van der Waals surface area contributed by atoms with Gasteiger partial charge in [-0.15, -0.1) is 0 Å². The molecule has 0 unspecified atom stereocenters. The Labute approximate surface area is 126 Å². The molecule has 0 radical (unpaired) electrons. The van der Waals surface area contributed by atoms with Crippen molar-refractivity contribution in [2.24, 2.45) is 0 Å². The number of nitrogens with zero attached hydrogens (tertiary/aromatic N) is 2. The summed E-state index contributed by atoms with van der Waals surface area (Å²) in [7, 11) is 0. The van der Waals surface area contributed by atoms with Gasteiger partial charge < -0.3 is 9.14 Å². The van der Waals surface area contributed by atoms with Crippen molar-refractivity contribution in [1.82, 2.24) is 9.38 Å². The fourth-order valence-corrected chi connectivity index (χ4v) is 2.74. The number of imidazole rings is 1. The molecular formula is C16H15BrN2O. The Hall–Kier alpha value is -1.81.